The van der Waals surface area contributed by atoms with Gasteiger partial charge in [-0.3, -0.25) is 0 Å². The molecule has 4 heteroatoms. The van der Waals surface area contributed by atoms with Crippen molar-refractivity contribution in [1.82, 2.24) is 0 Å². The van der Waals surface area contributed by atoms with Crippen molar-refractivity contribution in [2.75, 3.05) is 13.7 Å². The fraction of sp³-hybridized carbons (Fsp3) is 0.300. The van der Waals surface area contributed by atoms with Gasteiger partial charge in [0.1, 0.15) is 0 Å². The van der Waals surface area contributed by atoms with Gasteiger partial charge in [0.25, 0.3) is 0 Å². The summed E-state index contributed by atoms with van der Waals surface area (Å²) >= 11 is 3.26. The molecule has 0 saturated heterocycles. The molecule has 0 aliphatic heterocycles. The number of hydrogen-bond acceptors (Lipinski definition) is 3. The Bertz CT molecular complexity index is 336. The molecule has 0 heterocycles. The SMILES string of the molecule is COC(=O)c1cc(CCO)ccc1Br. The predicted molar refractivity (Wildman–Crippen MR) is 56.3 cm³/mol. The second-order valence-electron chi connectivity index (χ2n) is 2.78. The van der Waals surface area contributed by atoms with Gasteiger partial charge in [0.05, 0.1) is 12.7 Å². The minimum atomic E-state index is -0.378. The van der Waals surface area contributed by atoms with Crippen LogP contribution in [0.1, 0.15) is 15.9 Å². The van der Waals surface area contributed by atoms with E-state index in [1.165, 1.54) is 7.11 Å². The van der Waals surface area contributed by atoms with Crippen molar-refractivity contribution >= 4 is 21.9 Å². The van der Waals surface area contributed by atoms with E-state index in [2.05, 4.69) is 20.7 Å². The lowest BCUT2D eigenvalue weighted by atomic mass is 10.1. The number of esters is 1. The summed E-state index contributed by atoms with van der Waals surface area (Å²) in [5.41, 5.74) is 1.40. The summed E-state index contributed by atoms with van der Waals surface area (Å²) in [5.74, 6) is -0.378. The van der Waals surface area contributed by atoms with E-state index in [-0.39, 0.29) is 12.6 Å². The van der Waals surface area contributed by atoms with Gasteiger partial charge in [-0.05, 0) is 40.0 Å². The first-order chi connectivity index (χ1) is 6.69. The summed E-state index contributed by atoms with van der Waals surface area (Å²) in [6, 6.07) is 5.34. The van der Waals surface area contributed by atoms with E-state index >= 15 is 0 Å². The number of ether oxygens (including phenoxy) is 1. The zero-order chi connectivity index (χ0) is 10.6. The molecule has 0 fully saturated rings. The number of rotatable bonds is 3. The molecule has 0 saturated carbocycles. The molecule has 0 amide bonds. The van der Waals surface area contributed by atoms with E-state index < -0.39 is 0 Å². The molecule has 1 rings (SSSR count). The van der Waals surface area contributed by atoms with Crippen LogP contribution in [0.2, 0.25) is 0 Å². The van der Waals surface area contributed by atoms with Crippen LogP contribution in [0.3, 0.4) is 0 Å². The Morgan fingerprint density at radius 3 is 2.86 bits per heavy atom. The number of methoxy groups -OCH3 is 1. The minimum Gasteiger partial charge on any atom is -0.465 e. The average molecular weight is 259 g/mol. The van der Waals surface area contributed by atoms with Gasteiger partial charge in [0, 0.05) is 11.1 Å². The lowest BCUT2D eigenvalue weighted by Gasteiger charge is -2.04. The molecule has 1 aromatic carbocycles. The first-order valence-electron chi connectivity index (χ1n) is 4.16. The number of halogens is 1. The van der Waals surface area contributed by atoms with Gasteiger partial charge in [-0.15, -0.1) is 0 Å². The molecule has 0 atom stereocenters. The van der Waals surface area contributed by atoms with Crippen molar-refractivity contribution < 1.29 is 14.6 Å². The van der Waals surface area contributed by atoms with Gasteiger partial charge >= 0.3 is 5.97 Å². The minimum absolute atomic E-state index is 0.0717. The van der Waals surface area contributed by atoms with Crippen LogP contribution in [0.25, 0.3) is 0 Å². The summed E-state index contributed by atoms with van der Waals surface area (Å²) in [7, 11) is 1.34. The highest BCUT2D eigenvalue weighted by atomic mass is 79.9. The van der Waals surface area contributed by atoms with Gasteiger partial charge < -0.3 is 9.84 Å². The van der Waals surface area contributed by atoms with Crippen molar-refractivity contribution in [1.29, 1.82) is 0 Å². The smallest absolute Gasteiger partial charge is 0.339 e. The molecule has 0 unspecified atom stereocenters. The van der Waals surface area contributed by atoms with Gasteiger partial charge in [-0.25, -0.2) is 4.79 Å². The quantitative estimate of drug-likeness (QED) is 0.841. The van der Waals surface area contributed by atoms with Crippen molar-refractivity contribution in [3.05, 3.63) is 33.8 Å². The fourth-order valence-corrected chi connectivity index (χ4v) is 1.53. The number of carbonyl (C=O) groups is 1. The van der Waals surface area contributed by atoms with Crippen LogP contribution in [0, 0.1) is 0 Å². The largest absolute Gasteiger partial charge is 0.465 e. The van der Waals surface area contributed by atoms with Gasteiger partial charge in [-0.2, -0.15) is 0 Å². The van der Waals surface area contributed by atoms with Crippen LogP contribution >= 0.6 is 15.9 Å². The highest BCUT2D eigenvalue weighted by molar-refractivity contribution is 9.10. The van der Waals surface area contributed by atoms with Crippen molar-refractivity contribution in [2.24, 2.45) is 0 Å². The first kappa shape index (κ1) is 11.2. The molecule has 14 heavy (non-hydrogen) atoms. The molecule has 0 spiro atoms. The van der Waals surface area contributed by atoms with Crippen molar-refractivity contribution in [3.8, 4) is 0 Å². The summed E-state index contributed by atoms with van der Waals surface area (Å²) in [4.78, 5) is 11.3. The molecule has 0 bridgehead atoms. The Balaban J connectivity index is 3.01. The van der Waals surface area contributed by atoms with E-state index in [0.717, 1.165) is 5.56 Å². The normalized spacial score (nSPS) is 9.93. The summed E-state index contributed by atoms with van der Waals surface area (Å²) in [6.45, 7) is 0.0717. The lowest BCUT2D eigenvalue weighted by molar-refractivity contribution is 0.0599. The van der Waals surface area contributed by atoms with E-state index in [4.69, 9.17) is 5.11 Å². The average Bonchev–Trinajstić information content (AvgIpc) is 2.20. The number of aliphatic hydroxyl groups excluding tert-OH is 1. The molecule has 76 valence electrons. The van der Waals surface area contributed by atoms with Gasteiger partial charge in [0.2, 0.25) is 0 Å². The second-order valence-corrected chi connectivity index (χ2v) is 3.63. The molecule has 3 nitrogen and oxygen atoms in total. The fourth-order valence-electron chi connectivity index (χ4n) is 1.12. The molecule has 1 N–H and O–H groups in total. The standard InChI is InChI=1S/C10H11BrO3/c1-14-10(13)8-6-7(4-5-12)2-3-9(8)11/h2-3,6,12H,4-5H2,1H3. The van der Waals surface area contributed by atoms with Crippen LogP contribution in [-0.2, 0) is 11.2 Å². The summed E-state index contributed by atoms with van der Waals surface area (Å²) in [5, 5.41) is 8.75. The number of aliphatic hydroxyl groups is 1. The Labute approximate surface area is 90.8 Å². The molecule has 0 aromatic heterocycles. The zero-order valence-electron chi connectivity index (χ0n) is 7.79. The maximum atomic E-state index is 11.3. The third-order valence-corrected chi connectivity index (χ3v) is 2.53. The van der Waals surface area contributed by atoms with Crippen LogP contribution in [0.4, 0.5) is 0 Å². The third kappa shape index (κ3) is 2.56. The summed E-state index contributed by atoms with van der Waals surface area (Å²) < 4.78 is 5.32. The predicted octanol–water partition coefficient (Wildman–Crippen LogP) is 1.77. The van der Waals surface area contributed by atoms with E-state index in [0.29, 0.717) is 16.5 Å². The van der Waals surface area contributed by atoms with E-state index in [1.807, 2.05) is 6.07 Å². The Hall–Kier alpha value is -0.870. The van der Waals surface area contributed by atoms with E-state index in [1.54, 1.807) is 12.1 Å². The first-order valence-corrected chi connectivity index (χ1v) is 4.96. The molecular formula is C10H11BrO3. The monoisotopic (exact) mass is 258 g/mol. The second kappa shape index (κ2) is 5.12. The third-order valence-electron chi connectivity index (χ3n) is 1.84. The topological polar surface area (TPSA) is 46.5 Å². The van der Waals surface area contributed by atoms with Crippen molar-refractivity contribution in [3.63, 3.8) is 0 Å². The lowest BCUT2D eigenvalue weighted by Crippen LogP contribution is -2.03. The number of benzene rings is 1. The Morgan fingerprint density at radius 2 is 2.29 bits per heavy atom. The molecule has 1 aromatic rings. The number of hydrogen-bond donors (Lipinski definition) is 1. The zero-order valence-corrected chi connectivity index (χ0v) is 9.37. The van der Waals surface area contributed by atoms with E-state index in [9.17, 15) is 4.79 Å². The maximum Gasteiger partial charge on any atom is 0.339 e. The number of carbonyl (C=O) groups excluding carboxylic acids is 1. The van der Waals surface area contributed by atoms with Gasteiger partial charge in [0.15, 0.2) is 0 Å². The highest BCUT2D eigenvalue weighted by Gasteiger charge is 2.10. The molecule has 0 radical (unpaired) electrons. The maximum absolute atomic E-state index is 11.3. The Kier molecular flexibility index (Phi) is 4.10. The molecule has 0 aliphatic carbocycles. The van der Waals surface area contributed by atoms with Gasteiger partial charge in [-0.1, -0.05) is 6.07 Å². The van der Waals surface area contributed by atoms with Crippen LogP contribution < -0.4 is 0 Å². The molecule has 0 aliphatic rings. The van der Waals surface area contributed by atoms with Crippen LogP contribution in [0.15, 0.2) is 22.7 Å². The highest BCUT2D eigenvalue weighted by Crippen LogP contribution is 2.19. The van der Waals surface area contributed by atoms with Crippen LogP contribution in [0.5, 0.6) is 0 Å². The Morgan fingerprint density at radius 1 is 1.57 bits per heavy atom. The molecular weight excluding hydrogens is 248 g/mol. The summed E-state index contributed by atoms with van der Waals surface area (Å²) in [6.07, 6.45) is 0.539. The van der Waals surface area contributed by atoms with Crippen molar-refractivity contribution in [2.45, 2.75) is 6.42 Å². The van der Waals surface area contributed by atoms with Crippen LogP contribution in [-0.4, -0.2) is 24.8 Å².